The van der Waals surface area contributed by atoms with Gasteiger partial charge in [-0.15, -0.1) is 0 Å². The van der Waals surface area contributed by atoms with E-state index in [1.807, 2.05) is 0 Å². The second-order valence-corrected chi connectivity index (χ2v) is 3.99. The minimum absolute atomic E-state index is 0.0852. The van der Waals surface area contributed by atoms with Crippen molar-refractivity contribution in [2.24, 2.45) is 0 Å². The first-order valence-corrected chi connectivity index (χ1v) is 5.85. The van der Waals surface area contributed by atoms with Gasteiger partial charge >= 0.3 is 0 Å². The van der Waals surface area contributed by atoms with Gasteiger partial charge in [0, 0.05) is 13.1 Å². The van der Waals surface area contributed by atoms with E-state index in [1.54, 1.807) is 32.4 Å². The molecule has 1 heterocycles. The highest BCUT2D eigenvalue weighted by atomic mass is 16.5. The molecule has 5 heteroatoms. The monoisotopic (exact) mass is 251 g/mol. The standard InChI is InChI=1S/C13H17NO4/c1-16-9-3-4-11(17-2)10(7-9)13(15)12-8-14-5-6-18-12/h3-4,7,12,14H,5-6,8H2,1-2H3. The Labute approximate surface area is 106 Å². The average molecular weight is 251 g/mol. The highest BCUT2D eigenvalue weighted by Gasteiger charge is 2.25. The lowest BCUT2D eigenvalue weighted by molar-refractivity contribution is 0.0267. The highest BCUT2D eigenvalue weighted by molar-refractivity contribution is 6.02. The number of rotatable bonds is 4. The Morgan fingerprint density at radius 2 is 2.22 bits per heavy atom. The minimum Gasteiger partial charge on any atom is -0.497 e. The molecule has 0 radical (unpaired) electrons. The number of benzene rings is 1. The molecule has 1 unspecified atom stereocenters. The Balaban J connectivity index is 2.26. The third-order valence-corrected chi connectivity index (χ3v) is 2.89. The van der Waals surface area contributed by atoms with Crippen LogP contribution in [0.25, 0.3) is 0 Å². The van der Waals surface area contributed by atoms with E-state index in [0.29, 0.717) is 30.2 Å². The number of methoxy groups -OCH3 is 2. The van der Waals surface area contributed by atoms with Gasteiger partial charge in [-0.25, -0.2) is 0 Å². The Hall–Kier alpha value is -1.59. The van der Waals surface area contributed by atoms with Gasteiger partial charge in [-0.1, -0.05) is 0 Å². The zero-order chi connectivity index (χ0) is 13.0. The van der Waals surface area contributed by atoms with Gasteiger partial charge in [0.1, 0.15) is 17.6 Å². The predicted molar refractivity (Wildman–Crippen MR) is 66.5 cm³/mol. The maximum atomic E-state index is 12.3. The predicted octanol–water partition coefficient (Wildman–Crippen LogP) is 0.875. The fourth-order valence-electron chi connectivity index (χ4n) is 1.91. The van der Waals surface area contributed by atoms with Crippen LogP contribution in [0.4, 0.5) is 0 Å². The number of ketones is 1. The molecule has 1 aliphatic rings. The number of hydrogen-bond acceptors (Lipinski definition) is 5. The highest BCUT2D eigenvalue weighted by Crippen LogP contribution is 2.25. The summed E-state index contributed by atoms with van der Waals surface area (Å²) in [5.41, 5.74) is 0.491. The van der Waals surface area contributed by atoms with Gasteiger partial charge in [-0.2, -0.15) is 0 Å². The molecule has 5 nitrogen and oxygen atoms in total. The van der Waals surface area contributed by atoms with Crippen LogP contribution in [-0.4, -0.2) is 45.8 Å². The number of Topliss-reactive ketones (excluding diaryl/α,β-unsaturated/α-hetero) is 1. The van der Waals surface area contributed by atoms with Gasteiger partial charge in [0.05, 0.1) is 26.4 Å². The maximum absolute atomic E-state index is 12.3. The summed E-state index contributed by atoms with van der Waals surface area (Å²) < 4.78 is 15.8. The van der Waals surface area contributed by atoms with E-state index >= 15 is 0 Å². The second-order valence-electron chi connectivity index (χ2n) is 3.99. The fraction of sp³-hybridized carbons (Fsp3) is 0.462. The first-order valence-electron chi connectivity index (χ1n) is 5.85. The minimum atomic E-state index is -0.459. The summed E-state index contributed by atoms with van der Waals surface area (Å²) in [6.45, 7) is 1.85. The van der Waals surface area contributed by atoms with Crippen LogP contribution in [-0.2, 0) is 4.74 Å². The molecule has 1 aromatic carbocycles. The first-order chi connectivity index (χ1) is 8.76. The number of carbonyl (C=O) groups excluding carboxylic acids is 1. The summed E-state index contributed by atoms with van der Waals surface area (Å²) in [5, 5.41) is 3.13. The Bertz CT molecular complexity index is 427. The van der Waals surface area contributed by atoms with Crippen molar-refractivity contribution in [1.82, 2.24) is 5.32 Å². The number of ether oxygens (including phenoxy) is 3. The van der Waals surface area contributed by atoms with E-state index in [2.05, 4.69) is 5.32 Å². The van der Waals surface area contributed by atoms with Gasteiger partial charge in [0.15, 0.2) is 5.78 Å². The van der Waals surface area contributed by atoms with E-state index in [-0.39, 0.29) is 5.78 Å². The summed E-state index contributed by atoms with van der Waals surface area (Å²) in [6, 6.07) is 5.16. The van der Waals surface area contributed by atoms with E-state index in [9.17, 15) is 4.79 Å². The van der Waals surface area contributed by atoms with Crippen molar-refractivity contribution < 1.29 is 19.0 Å². The zero-order valence-electron chi connectivity index (χ0n) is 10.6. The van der Waals surface area contributed by atoms with Crippen LogP contribution in [0.15, 0.2) is 18.2 Å². The molecule has 18 heavy (non-hydrogen) atoms. The molecule has 1 N–H and O–H groups in total. The zero-order valence-corrected chi connectivity index (χ0v) is 10.6. The average Bonchev–Trinajstić information content (AvgIpc) is 2.46. The molecule has 1 aromatic rings. The molecule has 0 amide bonds. The van der Waals surface area contributed by atoms with E-state index < -0.39 is 6.10 Å². The summed E-state index contributed by atoms with van der Waals surface area (Å²) in [6.07, 6.45) is -0.459. The Kier molecular flexibility index (Phi) is 4.17. The van der Waals surface area contributed by atoms with Crippen LogP contribution >= 0.6 is 0 Å². The number of morpholine rings is 1. The van der Waals surface area contributed by atoms with Gasteiger partial charge in [-0.3, -0.25) is 4.79 Å². The summed E-state index contributed by atoms with van der Waals surface area (Å²) in [5.74, 6) is 1.08. The van der Waals surface area contributed by atoms with Crippen molar-refractivity contribution in [2.45, 2.75) is 6.10 Å². The Morgan fingerprint density at radius 3 is 2.83 bits per heavy atom. The second kappa shape index (κ2) is 5.84. The van der Waals surface area contributed by atoms with Crippen LogP contribution in [0.3, 0.4) is 0 Å². The molecular formula is C13H17NO4. The molecule has 0 aliphatic carbocycles. The summed E-state index contributed by atoms with van der Waals surface area (Å²) >= 11 is 0. The quantitative estimate of drug-likeness (QED) is 0.805. The lowest BCUT2D eigenvalue weighted by Crippen LogP contribution is -2.43. The summed E-state index contributed by atoms with van der Waals surface area (Å²) in [7, 11) is 3.10. The van der Waals surface area contributed by atoms with E-state index in [1.165, 1.54) is 0 Å². The molecule has 2 rings (SSSR count). The number of nitrogens with one attached hydrogen (secondary N) is 1. The largest absolute Gasteiger partial charge is 0.497 e. The third-order valence-electron chi connectivity index (χ3n) is 2.89. The van der Waals surface area contributed by atoms with Crippen molar-refractivity contribution in [3.63, 3.8) is 0 Å². The SMILES string of the molecule is COc1ccc(OC)c(C(=O)C2CNCCO2)c1. The van der Waals surface area contributed by atoms with Crippen molar-refractivity contribution in [3.05, 3.63) is 23.8 Å². The Morgan fingerprint density at radius 1 is 1.39 bits per heavy atom. The summed E-state index contributed by atoms with van der Waals surface area (Å²) in [4.78, 5) is 12.3. The molecular weight excluding hydrogens is 234 g/mol. The molecule has 0 aromatic heterocycles. The van der Waals surface area contributed by atoms with Crippen LogP contribution < -0.4 is 14.8 Å². The smallest absolute Gasteiger partial charge is 0.196 e. The number of hydrogen-bond donors (Lipinski definition) is 1. The topological polar surface area (TPSA) is 56.8 Å². The number of carbonyl (C=O) groups is 1. The van der Waals surface area contributed by atoms with Gasteiger partial charge < -0.3 is 19.5 Å². The van der Waals surface area contributed by atoms with Gasteiger partial charge in [0.2, 0.25) is 0 Å². The molecule has 1 aliphatic heterocycles. The molecule has 1 atom stereocenters. The lowest BCUT2D eigenvalue weighted by Gasteiger charge is -2.23. The molecule has 0 bridgehead atoms. The fourth-order valence-corrected chi connectivity index (χ4v) is 1.91. The molecule has 98 valence electrons. The van der Waals surface area contributed by atoms with Crippen molar-refractivity contribution in [3.8, 4) is 11.5 Å². The van der Waals surface area contributed by atoms with Crippen molar-refractivity contribution >= 4 is 5.78 Å². The van der Waals surface area contributed by atoms with Gasteiger partial charge in [0.25, 0.3) is 0 Å². The molecule has 0 saturated carbocycles. The normalized spacial score (nSPS) is 19.3. The van der Waals surface area contributed by atoms with Crippen LogP contribution in [0.1, 0.15) is 10.4 Å². The first kappa shape index (κ1) is 12.9. The van der Waals surface area contributed by atoms with Crippen molar-refractivity contribution in [2.75, 3.05) is 33.9 Å². The van der Waals surface area contributed by atoms with Crippen molar-refractivity contribution in [1.29, 1.82) is 0 Å². The van der Waals surface area contributed by atoms with Gasteiger partial charge in [-0.05, 0) is 18.2 Å². The van der Waals surface area contributed by atoms with Crippen LogP contribution in [0.2, 0.25) is 0 Å². The molecule has 1 fully saturated rings. The molecule has 1 saturated heterocycles. The van der Waals surface area contributed by atoms with Crippen LogP contribution in [0.5, 0.6) is 11.5 Å². The van der Waals surface area contributed by atoms with Crippen LogP contribution in [0, 0.1) is 0 Å². The van der Waals surface area contributed by atoms with E-state index in [0.717, 1.165) is 6.54 Å². The lowest BCUT2D eigenvalue weighted by atomic mass is 10.0. The third kappa shape index (κ3) is 2.63. The molecule has 0 spiro atoms. The van der Waals surface area contributed by atoms with E-state index in [4.69, 9.17) is 14.2 Å². The maximum Gasteiger partial charge on any atom is 0.196 e.